The smallest absolute Gasteiger partial charge is 0.231 e. The first-order valence-electron chi connectivity index (χ1n) is 7.72. The minimum absolute atomic E-state index is 0.197. The third-order valence-corrected chi connectivity index (χ3v) is 4.83. The summed E-state index contributed by atoms with van der Waals surface area (Å²) < 4.78 is 10.9. The quantitative estimate of drug-likeness (QED) is 0.931. The van der Waals surface area contributed by atoms with Crippen molar-refractivity contribution in [2.75, 3.05) is 26.4 Å². The van der Waals surface area contributed by atoms with E-state index >= 15 is 0 Å². The number of nitrogens with zero attached hydrogens (tertiary/aromatic N) is 1. The Morgan fingerprint density at radius 1 is 1.33 bits per heavy atom. The van der Waals surface area contributed by atoms with Gasteiger partial charge in [-0.1, -0.05) is 18.5 Å². The molecule has 116 valence electrons. The van der Waals surface area contributed by atoms with Gasteiger partial charge in [0.2, 0.25) is 6.79 Å². The van der Waals surface area contributed by atoms with Gasteiger partial charge in [0, 0.05) is 12.6 Å². The minimum Gasteiger partial charge on any atom is -0.454 e. The van der Waals surface area contributed by atoms with Crippen molar-refractivity contribution in [2.24, 2.45) is 11.7 Å². The predicted octanol–water partition coefficient (Wildman–Crippen LogP) is 3.19. The fourth-order valence-corrected chi connectivity index (χ4v) is 3.55. The maximum absolute atomic E-state index is 6.31. The van der Waals surface area contributed by atoms with Gasteiger partial charge in [0.1, 0.15) is 0 Å². The molecule has 2 heterocycles. The average Bonchev–Trinajstić information content (AvgIpc) is 2.84. The van der Waals surface area contributed by atoms with Crippen LogP contribution in [0.5, 0.6) is 11.5 Å². The van der Waals surface area contributed by atoms with Crippen molar-refractivity contribution in [1.82, 2.24) is 4.90 Å². The van der Waals surface area contributed by atoms with E-state index in [2.05, 4.69) is 11.8 Å². The van der Waals surface area contributed by atoms with Gasteiger partial charge in [-0.15, -0.1) is 0 Å². The molecule has 3 rings (SSSR count). The van der Waals surface area contributed by atoms with Crippen LogP contribution in [0.1, 0.15) is 37.8 Å². The van der Waals surface area contributed by atoms with Crippen molar-refractivity contribution >= 4 is 11.6 Å². The molecule has 0 saturated carbocycles. The molecule has 0 aromatic heterocycles. The molecule has 0 spiro atoms. The number of rotatable bonds is 3. The Kier molecular flexibility index (Phi) is 4.57. The highest BCUT2D eigenvalue weighted by atomic mass is 35.5. The lowest BCUT2D eigenvalue weighted by Crippen LogP contribution is -2.34. The van der Waals surface area contributed by atoms with Gasteiger partial charge in [-0.3, -0.25) is 4.90 Å². The van der Waals surface area contributed by atoms with E-state index in [1.165, 1.54) is 19.3 Å². The van der Waals surface area contributed by atoms with Crippen LogP contribution in [-0.4, -0.2) is 31.3 Å². The SMILES string of the molecule is CC1CCCN(C(CN)c2cc(Cl)c3c(c2)OCO3)CC1. The third kappa shape index (κ3) is 3.12. The lowest BCUT2D eigenvalue weighted by atomic mass is 10.0. The second-order valence-electron chi connectivity index (χ2n) is 6.06. The molecule has 1 saturated heterocycles. The Bertz CT molecular complexity index is 509. The first-order chi connectivity index (χ1) is 10.2. The molecule has 2 N–H and O–H groups in total. The van der Waals surface area contributed by atoms with E-state index in [-0.39, 0.29) is 12.8 Å². The molecular formula is C16H23ClN2O2. The Morgan fingerprint density at radius 2 is 2.19 bits per heavy atom. The van der Waals surface area contributed by atoms with Crippen LogP contribution in [0.15, 0.2) is 12.1 Å². The largest absolute Gasteiger partial charge is 0.454 e. The molecule has 0 radical (unpaired) electrons. The van der Waals surface area contributed by atoms with E-state index in [4.69, 9.17) is 26.8 Å². The lowest BCUT2D eigenvalue weighted by molar-refractivity contribution is 0.173. The fraction of sp³-hybridized carbons (Fsp3) is 0.625. The Balaban J connectivity index is 1.84. The molecule has 2 aliphatic heterocycles. The van der Waals surface area contributed by atoms with Crippen molar-refractivity contribution < 1.29 is 9.47 Å². The summed E-state index contributed by atoms with van der Waals surface area (Å²) in [5.74, 6) is 2.19. The Hall–Kier alpha value is -0.970. The molecule has 0 aliphatic carbocycles. The number of ether oxygens (including phenoxy) is 2. The van der Waals surface area contributed by atoms with Crippen LogP contribution in [-0.2, 0) is 0 Å². The van der Waals surface area contributed by atoms with E-state index < -0.39 is 0 Å². The maximum atomic E-state index is 6.31. The zero-order valence-electron chi connectivity index (χ0n) is 12.5. The van der Waals surface area contributed by atoms with Gasteiger partial charge in [0.15, 0.2) is 11.5 Å². The van der Waals surface area contributed by atoms with Gasteiger partial charge in [-0.2, -0.15) is 0 Å². The van der Waals surface area contributed by atoms with Crippen LogP contribution < -0.4 is 15.2 Å². The van der Waals surface area contributed by atoms with Gasteiger partial charge in [-0.25, -0.2) is 0 Å². The summed E-state index contributed by atoms with van der Waals surface area (Å²) in [5.41, 5.74) is 7.19. The molecule has 0 amide bonds. The fourth-order valence-electron chi connectivity index (χ4n) is 3.27. The molecule has 1 fully saturated rings. The predicted molar refractivity (Wildman–Crippen MR) is 84.0 cm³/mol. The topological polar surface area (TPSA) is 47.7 Å². The van der Waals surface area contributed by atoms with Crippen LogP contribution in [0.3, 0.4) is 0 Å². The highest BCUT2D eigenvalue weighted by Gasteiger charge is 2.26. The molecule has 2 aliphatic rings. The summed E-state index contributed by atoms with van der Waals surface area (Å²) in [6.45, 7) is 5.35. The molecular weight excluding hydrogens is 288 g/mol. The number of hydrogen-bond acceptors (Lipinski definition) is 4. The van der Waals surface area contributed by atoms with Crippen LogP contribution in [0.4, 0.5) is 0 Å². The average molecular weight is 311 g/mol. The minimum atomic E-state index is 0.197. The van der Waals surface area contributed by atoms with Gasteiger partial charge in [0.25, 0.3) is 0 Å². The molecule has 2 unspecified atom stereocenters. The summed E-state index contributed by atoms with van der Waals surface area (Å²) in [5, 5.41) is 0.613. The van der Waals surface area contributed by atoms with Crippen LogP contribution in [0.2, 0.25) is 5.02 Å². The van der Waals surface area contributed by atoms with E-state index in [9.17, 15) is 0 Å². The van der Waals surface area contributed by atoms with Crippen molar-refractivity contribution in [3.63, 3.8) is 0 Å². The number of hydrogen-bond donors (Lipinski definition) is 1. The van der Waals surface area contributed by atoms with Crippen LogP contribution >= 0.6 is 11.6 Å². The molecule has 2 atom stereocenters. The number of benzene rings is 1. The van der Waals surface area contributed by atoms with Gasteiger partial charge < -0.3 is 15.2 Å². The van der Waals surface area contributed by atoms with Crippen molar-refractivity contribution in [1.29, 1.82) is 0 Å². The first kappa shape index (κ1) is 14.9. The summed E-state index contributed by atoms with van der Waals surface area (Å²) >= 11 is 6.31. The first-order valence-corrected chi connectivity index (χ1v) is 8.10. The second-order valence-corrected chi connectivity index (χ2v) is 6.47. The Labute approximate surface area is 131 Å². The van der Waals surface area contributed by atoms with Gasteiger partial charge >= 0.3 is 0 Å². The molecule has 0 bridgehead atoms. The monoisotopic (exact) mass is 310 g/mol. The standard InChI is InChI=1S/C16H23ClN2O2/c1-11-3-2-5-19(6-4-11)14(9-18)12-7-13(17)16-15(8-12)20-10-21-16/h7-8,11,14H,2-6,9-10,18H2,1H3. The van der Waals surface area contributed by atoms with E-state index in [0.29, 0.717) is 17.3 Å². The summed E-state index contributed by atoms with van der Waals surface area (Å²) in [4.78, 5) is 2.48. The molecule has 1 aromatic rings. The summed E-state index contributed by atoms with van der Waals surface area (Å²) in [7, 11) is 0. The summed E-state index contributed by atoms with van der Waals surface area (Å²) in [6.07, 6.45) is 3.76. The van der Waals surface area contributed by atoms with Crippen LogP contribution in [0, 0.1) is 5.92 Å². The maximum Gasteiger partial charge on any atom is 0.231 e. The molecule has 4 nitrogen and oxygen atoms in total. The lowest BCUT2D eigenvalue weighted by Gasteiger charge is -2.30. The molecule has 1 aromatic carbocycles. The van der Waals surface area contributed by atoms with Gasteiger partial charge in [-0.05, 0) is 56.0 Å². The highest BCUT2D eigenvalue weighted by molar-refractivity contribution is 6.32. The normalized spacial score (nSPS) is 23.9. The van der Waals surface area contributed by atoms with Crippen LogP contribution in [0.25, 0.3) is 0 Å². The zero-order chi connectivity index (χ0) is 14.8. The van der Waals surface area contributed by atoms with Crippen molar-refractivity contribution in [2.45, 2.75) is 32.2 Å². The molecule has 21 heavy (non-hydrogen) atoms. The van der Waals surface area contributed by atoms with E-state index in [0.717, 1.165) is 30.3 Å². The van der Waals surface area contributed by atoms with Gasteiger partial charge in [0.05, 0.1) is 5.02 Å². The third-order valence-electron chi connectivity index (χ3n) is 4.55. The molecule has 5 heteroatoms. The zero-order valence-corrected chi connectivity index (χ0v) is 13.2. The second kappa shape index (κ2) is 6.42. The van der Waals surface area contributed by atoms with Crippen molar-refractivity contribution in [3.8, 4) is 11.5 Å². The van der Waals surface area contributed by atoms with E-state index in [1.807, 2.05) is 12.1 Å². The van der Waals surface area contributed by atoms with E-state index in [1.54, 1.807) is 0 Å². The number of halogens is 1. The Morgan fingerprint density at radius 3 is 3.00 bits per heavy atom. The number of likely N-dealkylation sites (tertiary alicyclic amines) is 1. The highest BCUT2D eigenvalue weighted by Crippen LogP contribution is 2.42. The number of nitrogens with two attached hydrogens (primary N) is 1. The summed E-state index contributed by atoms with van der Waals surface area (Å²) in [6, 6.07) is 4.20. The number of fused-ring (bicyclic) bond motifs is 1. The van der Waals surface area contributed by atoms with Crippen molar-refractivity contribution in [3.05, 3.63) is 22.7 Å².